The number of nitrogens with zero attached hydrogens (tertiary/aromatic N) is 12. The van der Waals surface area contributed by atoms with E-state index in [1.165, 1.54) is 65.9 Å². The van der Waals surface area contributed by atoms with Crippen molar-refractivity contribution in [1.29, 1.82) is 5.26 Å². The lowest BCUT2D eigenvalue weighted by Gasteiger charge is -2.39. The Morgan fingerprint density at radius 1 is 0.942 bits per heavy atom. The number of anilines is 3. The highest BCUT2D eigenvalue weighted by atomic mass is 16.5. The number of nitriles is 1. The molecule has 1 spiro atoms. The number of hydrazone groups is 1. The van der Waals surface area contributed by atoms with Gasteiger partial charge in [-0.15, -0.1) is 10.2 Å². The van der Waals surface area contributed by atoms with E-state index >= 15 is 0 Å². The maximum absolute atomic E-state index is 12.6. The van der Waals surface area contributed by atoms with Gasteiger partial charge in [0, 0.05) is 113 Å². The molecule has 0 N–H and O–H groups in total. The minimum absolute atomic E-state index is 0.129. The van der Waals surface area contributed by atoms with Crippen LogP contribution in [0, 0.1) is 35.5 Å². The third-order valence-corrected chi connectivity index (χ3v) is 16.8. The number of benzene rings is 2. The lowest BCUT2D eigenvalue weighted by Crippen LogP contribution is -2.42. The molecule has 14 nitrogen and oxygen atoms in total. The predicted octanol–water partition coefficient (Wildman–Crippen LogP) is 7.96. The smallest absolute Gasteiger partial charge is 0.233 e. The molecule has 8 heterocycles. The number of amides is 1. The third-order valence-electron chi connectivity index (χ3n) is 16.8. The molecule has 0 radical (unpaired) electrons. The average Bonchev–Trinajstić information content (AvgIpc) is 4.06. The van der Waals surface area contributed by atoms with Crippen LogP contribution in [0.5, 0.6) is 5.88 Å². The van der Waals surface area contributed by atoms with Crippen LogP contribution in [0.15, 0.2) is 77.3 Å². The first-order valence-corrected chi connectivity index (χ1v) is 25.9. The molecule has 14 heteroatoms. The summed E-state index contributed by atoms with van der Waals surface area (Å²) in [5.74, 6) is 3.93. The summed E-state index contributed by atoms with van der Waals surface area (Å²) in [6.45, 7) is 14.7. The molecule has 0 unspecified atom stereocenters. The maximum atomic E-state index is 12.6. The van der Waals surface area contributed by atoms with Gasteiger partial charge in [0.05, 0.1) is 36.4 Å². The van der Waals surface area contributed by atoms with E-state index in [0.29, 0.717) is 35.7 Å². The zero-order valence-corrected chi connectivity index (χ0v) is 41.2. The van der Waals surface area contributed by atoms with Gasteiger partial charge in [0.25, 0.3) is 0 Å². The minimum atomic E-state index is 0.129. The van der Waals surface area contributed by atoms with Crippen molar-refractivity contribution < 1.29 is 14.2 Å². The fourth-order valence-corrected chi connectivity index (χ4v) is 12.8. The van der Waals surface area contributed by atoms with Crippen LogP contribution in [-0.4, -0.2) is 123 Å². The molecular formula is C55H69N12O2+. The number of fused-ring (bicyclic) bond motifs is 1. The van der Waals surface area contributed by atoms with E-state index < -0.39 is 0 Å². The first kappa shape index (κ1) is 45.4. The van der Waals surface area contributed by atoms with E-state index in [1.54, 1.807) is 6.92 Å². The van der Waals surface area contributed by atoms with Gasteiger partial charge >= 0.3 is 0 Å². The number of aryl methyl sites for hydroxylation is 3. The average molecular weight is 930 g/mol. The number of hydrogen-bond donors (Lipinski definition) is 0. The Labute approximate surface area is 407 Å². The Kier molecular flexibility index (Phi) is 12.5. The highest BCUT2D eigenvalue weighted by Crippen LogP contribution is 2.46. The highest BCUT2D eigenvalue weighted by Gasteiger charge is 2.45. The summed E-state index contributed by atoms with van der Waals surface area (Å²) in [6.07, 6.45) is 19.9. The Balaban J connectivity index is 0.651. The lowest BCUT2D eigenvalue weighted by atomic mass is 9.77. The lowest BCUT2D eigenvalue weighted by molar-refractivity contribution is -0.479. The summed E-state index contributed by atoms with van der Waals surface area (Å²) in [5, 5.41) is 28.4. The number of rotatable bonds is 8. The molecular weight excluding hydrogens is 861 g/mol. The van der Waals surface area contributed by atoms with Crippen LogP contribution in [0.1, 0.15) is 101 Å². The summed E-state index contributed by atoms with van der Waals surface area (Å²) < 4.78 is 10.5. The quantitative estimate of drug-likeness (QED) is 0.161. The van der Waals surface area contributed by atoms with Gasteiger partial charge in [-0.05, 0) is 149 Å². The van der Waals surface area contributed by atoms with Crippen molar-refractivity contribution in [2.75, 3.05) is 73.6 Å². The molecule has 1 atom stereocenters. The molecule has 1 saturated carbocycles. The molecule has 7 aliphatic rings. The summed E-state index contributed by atoms with van der Waals surface area (Å²) in [5.41, 5.74) is 10.7. The minimum Gasteiger partial charge on any atom is -0.473 e. The first-order chi connectivity index (χ1) is 33.6. The largest absolute Gasteiger partial charge is 0.473 e. The number of likely N-dealkylation sites (tertiary alicyclic amines) is 1. The highest BCUT2D eigenvalue weighted by molar-refractivity contribution is 6.12. The van der Waals surface area contributed by atoms with Gasteiger partial charge in [-0.25, -0.2) is 0 Å². The van der Waals surface area contributed by atoms with Gasteiger partial charge in [-0.2, -0.15) is 10.4 Å². The summed E-state index contributed by atoms with van der Waals surface area (Å²) in [7, 11) is 1.96. The van der Waals surface area contributed by atoms with Crippen molar-refractivity contribution in [3.63, 3.8) is 0 Å². The fourth-order valence-electron chi connectivity index (χ4n) is 12.8. The second kappa shape index (κ2) is 19.0. The van der Waals surface area contributed by atoms with E-state index in [0.717, 1.165) is 126 Å². The van der Waals surface area contributed by atoms with E-state index in [2.05, 4.69) is 101 Å². The second-order valence-corrected chi connectivity index (χ2v) is 21.4. The first-order valence-electron chi connectivity index (χ1n) is 25.9. The molecule has 3 saturated heterocycles. The summed E-state index contributed by atoms with van der Waals surface area (Å²) >= 11 is 0. The van der Waals surface area contributed by atoms with Gasteiger partial charge in [0.1, 0.15) is 6.10 Å². The van der Waals surface area contributed by atoms with Crippen molar-refractivity contribution in [2.24, 2.45) is 29.4 Å². The standard InChI is InChI=1S/C55H69N12O2/c1-38-28-47(13-11-45(38)31-56)66-37-55(30-39(66)2)20-26-63(27-21-55)52-15-16-53(59-58-52)69-48-17-23-62(24-18-48)33-41-7-9-42(10-8-41)34-67-51-19-25-64(40(3)68)36-49(51)54(60-67)65-22-5-6-44-29-43(12-14-50(44)65)46-32-57-61(4)35-46/h11-16,28-29,32,34-35,39,41-42,48H,5-10,17-27,30,33,36-37H2,1-4H3/q+1/b67-34-/t39-,41?,42?/m0/s1. The van der Waals surface area contributed by atoms with E-state index in [1.807, 2.05) is 41.9 Å². The number of piperidine rings is 2. The third kappa shape index (κ3) is 9.39. The number of carbonyl (C=O) groups is 1. The van der Waals surface area contributed by atoms with Gasteiger partial charge in [-0.3, -0.25) is 9.48 Å². The van der Waals surface area contributed by atoms with Crippen molar-refractivity contribution in [2.45, 2.75) is 110 Å². The Morgan fingerprint density at radius 2 is 1.77 bits per heavy atom. The fraction of sp³-hybridized carbons (Fsp3) is 0.545. The maximum Gasteiger partial charge on any atom is 0.233 e. The molecule has 69 heavy (non-hydrogen) atoms. The van der Waals surface area contributed by atoms with Crippen molar-refractivity contribution in [3.05, 3.63) is 88.9 Å². The van der Waals surface area contributed by atoms with Crippen molar-refractivity contribution >= 4 is 35.2 Å². The zero-order chi connectivity index (χ0) is 47.2. The Hall–Kier alpha value is -6.07. The van der Waals surface area contributed by atoms with Crippen LogP contribution in [0.4, 0.5) is 17.2 Å². The second-order valence-electron chi connectivity index (χ2n) is 21.4. The number of aromatic nitrogens is 4. The van der Waals surface area contributed by atoms with E-state index in [9.17, 15) is 10.1 Å². The van der Waals surface area contributed by atoms with Crippen molar-refractivity contribution in [3.8, 4) is 23.1 Å². The SMILES string of the molecule is CC(=O)N1CCC2=C(C1)C(N1CCCc3cc(-c4cnn(C)c4)ccc31)=N/[N+]2=C\C1CCC(CN2CCC(Oc3ccc(N4CCC5(CC4)C[C@H](C)N(c4ccc(C#N)c(C)c4)C5)nn3)CC2)CC1. The van der Waals surface area contributed by atoms with E-state index in [-0.39, 0.29) is 12.0 Å². The molecule has 360 valence electrons. The van der Waals surface area contributed by atoms with Crippen molar-refractivity contribution in [1.82, 2.24) is 29.8 Å². The number of ether oxygens (including phenoxy) is 1. The normalized spacial score (nSPS) is 24.7. The van der Waals surface area contributed by atoms with Crippen LogP contribution in [-0.2, 0) is 18.3 Å². The number of hydrogen-bond acceptors (Lipinski definition) is 11. The van der Waals surface area contributed by atoms with Crippen LogP contribution < -0.4 is 19.4 Å². The topological polar surface area (TPSA) is 125 Å². The molecule has 4 fully saturated rings. The molecule has 6 aliphatic heterocycles. The van der Waals surface area contributed by atoms with Gasteiger partial charge in [0.2, 0.25) is 23.3 Å². The van der Waals surface area contributed by atoms with Crippen LogP contribution in [0.2, 0.25) is 0 Å². The summed E-state index contributed by atoms with van der Waals surface area (Å²) in [6, 6.07) is 20.0. The predicted molar refractivity (Wildman–Crippen MR) is 271 cm³/mol. The van der Waals surface area contributed by atoms with Crippen LogP contribution in [0.3, 0.4) is 0 Å². The molecule has 11 rings (SSSR count). The number of amidine groups is 1. The van der Waals surface area contributed by atoms with E-state index in [4.69, 9.17) is 9.84 Å². The monoisotopic (exact) mass is 930 g/mol. The number of carbonyl (C=O) groups excluding carboxylic acids is 1. The van der Waals surface area contributed by atoms with Gasteiger partial charge < -0.3 is 29.2 Å². The Bertz CT molecular complexity index is 2690. The molecule has 2 aromatic heterocycles. The Morgan fingerprint density at radius 3 is 2.49 bits per heavy atom. The van der Waals surface area contributed by atoms with Crippen LogP contribution in [0.25, 0.3) is 11.1 Å². The van der Waals surface area contributed by atoms with Gasteiger partial charge in [0.15, 0.2) is 12.0 Å². The zero-order valence-electron chi connectivity index (χ0n) is 41.2. The molecule has 0 bridgehead atoms. The van der Waals surface area contributed by atoms with Gasteiger partial charge in [-0.1, -0.05) is 10.8 Å². The molecule has 1 aliphatic carbocycles. The molecule has 2 aromatic carbocycles. The molecule has 1 amide bonds. The molecule has 4 aromatic rings. The summed E-state index contributed by atoms with van der Waals surface area (Å²) in [4.78, 5) is 24.7. The van der Waals surface area contributed by atoms with Crippen LogP contribution >= 0.6 is 0 Å².